The van der Waals surface area contributed by atoms with Gasteiger partial charge in [0.1, 0.15) is 0 Å². The molecule has 23 heavy (non-hydrogen) atoms. The third-order valence-corrected chi connectivity index (χ3v) is 4.12. The largest absolute Gasteiger partial charge is 0.396 e. The number of aliphatic hydroxyl groups is 2. The van der Waals surface area contributed by atoms with Crippen LogP contribution in [0.4, 0.5) is 8.78 Å². The molecule has 1 aromatic rings. The van der Waals surface area contributed by atoms with E-state index in [1.165, 1.54) is 12.1 Å². The molecule has 0 saturated carbocycles. The van der Waals surface area contributed by atoms with Crippen LogP contribution < -0.4 is 0 Å². The molecule has 7 heteroatoms. The highest BCUT2D eigenvalue weighted by molar-refractivity contribution is 5.76. The van der Waals surface area contributed by atoms with E-state index >= 15 is 0 Å². The summed E-state index contributed by atoms with van der Waals surface area (Å²) in [5.74, 6) is -1.86. The van der Waals surface area contributed by atoms with E-state index in [1.807, 2.05) is 0 Å². The third-order valence-electron chi connectivity index (χ3n) is 4.12. The van der Waals surface area contributed by atoms with E-state index in [0.29, 0.717) is 38.2 Å². The number of amides is 1. The van der Waals surface area contributed by atoms with Crippen LogP contribution in [0.3, 0.4) is 0 Å². The van der Waals surface area contributed by atoms with Crippen molar-refractivity contribution in [2.75, 3.05) is 32.8 Å². The van der Waals surface area contributed by atoms with Crippen molar-refractivity contribution in [3.8, 4) is 0 Å². The van der Waals surface area contributed by atoms with E-state index in [2.05, 4.69) is 4.90 Å². The van der Waals surface area contributed by atoms with Gasteiger partial charge in [-0.05, 0) is 24.1 Å². The number of rotatable bonds is 6. The fourth-order valence-electron chi connectivity index (χ4n) is 2.88. The van der Waals surface area contributed by atoms with Crippen LogP contribution in [0.2, 0.25) is 0 Å². The molecule has 1 aliphatic rings. The van der Waals surface area contributed by atoms with E-state index in [-0.39, 0.29) is 31.6 Å². The highest BCUT2D eigenvalue weighted by atomic mass is 19.2. The van der Waals surface area contributed by atoms with Crippen molar-refractivity contribution >= 4 is 5.91 Å². The van der Waals surface area contributed by atoms with Crippen molar-refractivity contribution in [3.05, 3.63) is 35.4 Å². The Kier molecular flexibility index (Phi) is 6.44. The van der Waals surface area contributed by atoms with Gasteiger partial charge in [-0.2, -0.15) is 0 Å². The van der Waals surface area contributed by atoms with Gasteiger partial charge >= 0.3 is 0 Å². The van der Waals surface area contributed by atoms with Crippen LogP contribution in [-0.2, 0) is 11.3 Å². The molecule has 0 spiro atoms. The summed E-state index contributed by atoms with van der Waals surface area (Å²) >= 11 is 0. The topological polar surface area (TPSA) is 64.0 Å². The molecule has 2 N–H and O–H groups in total. The van der Waals surface area contributed by atoms with Gasteiger partial charge in [-0.15, -0.1) is 0 Å². The van der Waals surface area contributed by atoms with Gasteiger partial charge in [0.25, 0.3) is 0 Å². The monoisotopic (exact) mass is 328 g/mol. The molecule has 128 valence electrons. The fraction of sp³-hybridized carbons (Fsp3) is 0.562. The normalized spacial score (nSPS) is 19.1. The van der Waals surface area contributed by atoms with E-state index < -0.39 is 11.6 Å². The lowest BCUT2D eigenvalue weighted by Crippen LogP contribution is -2.54. The molecule has 1 amide bonds. The number of hydrogen-bond donors (Lipinski definition) is 2. The van der Waals surface area contributed by atoms with Crippen molar-refractivity contribution in [3.63, 3.8) is 0 Å². The van der Waals surface area contributed by atoms with Crippen LogP contribution in [0.15, 0.2) is 18.2 Å². The Morgan fingerprint density at radius 2 is 1.96 bits per heavy atom. The van der Waals surface area contributed by atoms with Crippen molar-refractivity contribution in [2.45, 2.75) is 25.4 Å². The lowest BCUT2D eigenvalue weighted by atomic mass is 10.1. The predicted molar refractivity (Wildman–Crippen MR) is 80.5 cm³/mol. The summed E-state index contributed by atoms with van der Waals surface area (Å²) in [5, 5.41) is 18.1. The summed E-state index contributed by atoms with van der Waals surface area (Å²) in [7, 11) is 0. The average molecular weight is 328 g/mol. The van der Waals surface area contributed by atoms with Crippen LogP contribution in [0.25, 0.3) is 0 Å². The summed E-state index contributed by atoms with van der Waals surface area (Å²) < 4.78 is 26.3. The molecule has 1 aliphatic heterocycles. The van der Waals surface area contributed by atoms with E-state index in [1.54, 1.807) is 4.90 Å². The highest BCUT2D eigenvalue weighted by Gasteiger charge is 2.29. The molecular weight excluding hydrogens is 306 g/mol. The molecule has 0 radical (unpaired) electrons. The van der Waals surface area contributed by atoms with Gasteiger partial charge in [0.2, 0.25) is 5.91 Å². The standard InChI is InChI=1S/C16H22F2N2O3/c17-14-2-1-12(9-15(14)18)10-19-5-6-20(16(23)4-8-22)11-13(19)3-7-21/h1-2,9,13,21-22H,3-8,10-11H2/t13-/m1/s1. The Balaban J connectivity index is 2.03. The van der Waals surface area contributed by atoms with E-state index in [4.69, 9.17) is 5.11 Å². The minimum Gasteiger partial charge on any atom is -0.396 e. The predicted octanol–water partition coefficient (Wildman–Crippen LogP) is 0.742. The zero-order valence-electron chi connectivity index (χ0n) is 12.9. The van der Waals surface area contributed by atoms with Gasteiger partial charge in [0.15, 0.2) is 11.6 Å². The number of benzene rings is 1. The summed E-state index contributed by atoms with van der Waals surface area (Å²) in [6, 6.07) is 3.77. The molecule has 1 atom stereocenters. The third kappa shape index (κ3) is 4.70. The van der Waals surface area contributed by atoms with Crippen molar-refractivity contribution in [1.29, 1.82) is 0 Å². The summed E-state index contributed by atoms with van der Waals surface area (Å²) in [6.45, 7) is 1.80. The smallest absolute Gasteiger partial charge is 0.224 e. The maximum absolute atomic E-state index is 13.3. The average Bonchev–Trinajstić information content (AvgIpc) is 2.53. The first kappa shape index (κ1) is 17.8. The van der Waals surface area contributed by atoms with Gasteiger partial charge in [-0.25, -0.2) is 8.78 Å². The number of carbonyl (C=O) groups excluding carboxylic acids is 1. The lowest BCUT2D eigenvalue weighted by molar-refractivity contribution is -0.135. The molecule has 5 nitrogen and oxygen atoms in total. The number of piperazine rings is 1. The quantitative estimate of drug-likeness (QED) is 0.809. The first-order valence-electron chi connectivity index (χ1n) is 7.72. The van der Waals surface area contributed by atoms with E-state index in [0.717, 1.165) is 6.07 Å². The molecule has 1 fully saturated rings. The molecule has 0 aliphatic carbocycles. The number of aliphatic hydroxyl groups excluding tert-OH is 2. The molecule has 0 unspecified atom stereocenters. The van der Waals surface area contributed by atoms with Crippen molar-refractivity contribution in [2.24, 2.45) is 0 Å². The first-order valence-corrected chi connectivity index (χ1v) is 7.72. The number of hydrogen-bond acceptors (Lipinski definition) is 4. The zero-order chi connectivity index (χ0) is 16.8. The van der Waals surface area contributed by atoms with Crippen molar-refractivity contribution in [1.82, 2.24) is 9.80 Å². The molecule has 2 rings (SSSR count). The maximum atomic E-state index is 13.3. The second kappa shape index (κ2) is 8.33. The summed E-state index contributed by atoms with van der Waals surface area (Å²) in [5.41, 5.74) is 0.655. The van der Waals surface area contributed by atoms with Crippen LogP contribution in [0, 0.1) is 11.6 Å². The lowest BCUT2D eigenvalue weighted by Gasteiger charge is -2.41. The van der Waals surface area contributed by atoms with Crippen LogP contribution in [0.5, 0.6) is 0 Å². The second-order valence-electron chi connectivity index (χ2n) is 5.70. The summed E-state index contributed by atoms with van der Waals surface area (Å²) in [6.07, 6.45) is 0.585. The molecule has 0 bridgehead atoms. The minimum absolute atomic E-state index is 0.0129. The fourth-order valence-corrected chi connectivity index (χ4v) is 2.88. The summed E-state index contributed by atoms with van der Waals surface area (Å²) in [4.78, 5) is 15.6. The Hall–Kier alpha value is -1.57. The SMILES string of the molecule is O=C(CCO)N1CCN(Cc2ccc(F)c(F)c2)[C@H](CCO)C1. The van der Waals surface area contributed by atoms with Gasteiger partial charge < -0.3 is 15.1 Å². The Morgan fingerprint density at radius 1 is 1.17 bits per heavy atom. The molecular formula is C16H22F2N2O3. The van der Waals surface area contributed by atoms with Crippen LogP contribution >= 0.6 is 0 Å². The highest BCUT2D eigenvalue weighted by Crippen LogP contribution is 2.18. The molecule has 1 saturated heterocycles. The first-order chi connectivity index (χ1) is 11.0. The Morgan fingerprint density at radius 3 is 2.61 bits per heavy atom. The number of nitrogens with zero attached hydrogens (tertiary/aromatic N) is 2. The minimum atomic E-state index is -0.877. The number of carbonyl (C=O) groups is 1. The Bertz CT molecular complexity index is 542. The number of halogens is 2. The van der Waals surface area contributed by atoms with Gasteiger partial charge in [0, 0.05) is 45.2 Å². The van der Waals surface area contributed by atoms with Crippen molar-refractivity contribution < 1.29 is 23.8 Å². The van der Waals surface area contributed by atoms with Crippen LogP contribution in [0.1, 0.15) is 18.4 Å². The molecule has 1 aromatic carbocycles. The van der Waals surface area contributed by atoms with Gasteiger partial charge in [0.05, 0.1) is 6.61 Å². The second-order valence-corrected chi connectivity index (χ2v) is 5.70. The van der Waals surface area contributed by atoms with Crippen LogP contribution in [-0.4, -0.2) is 64.8 Å². The maximum Gasteiger partial charge on any atom is 0.224 e. The van der Waals surface area contributed by atoms with Gasteiger partial charge in [-0.3, -0.25) is 9.69 Å². The zero-order valence-corrected chi connectivity index (χ0v) is 12.9. The van der Waals surface area contributed by atoms with Gasteiger partial charge in [-0.1, -0.05) is 6.07 Å². The Labute approximate surface area is 134 Å². The van der Waals surface area contributed by atoms with E-state index in [9.17, 15) is 18.7 Å². The molecule has 0 aromatic heterocycles. The molecule has 1 heterocycles.